The van der Waals surface area contributed by atoms with E-state index in [9.17, 15) is 43.9 Å². The Hall–Kier alpha value is -1.89. The van der Waals surface area contributed by atoms with E-state index in [2.05, 4.69) is 4.74 Å². The van der Waals surface area contributed by atoms with E-state index in [0.717, 1.165) is 0 Å². The van der Waals surface area contributed by atoms with E-state index >= 15 is 0 Å². The van der Waals surface area contributed by atoms with Gasteiger partial charge in [0.05, 0.1) is 5.56 Å². The Bertz CT molecular complexity index is 713. The number of rotatable bonds is 4. The molecule has 0 saturated carbocycles. The van der Waals surface area contributed by atoms with Crippen LogP contribution in [0, 0.1) is 11.6 Å². The van der Waals surface area contributed by atoms with Gasteiger partial charge in [-0.1, -0.05) is 0 Å². The Morgan fingerprint density at radius 1 is 1.09 bits per heavy atom. The molecule has 0 fully saturated rings. The monoisotopic (exact) mass is 370 g/mol. The molecule has 1 atom stereocenters. The van der Waals surface area contributed by atoms with Crippen LogP contribution in [0.2, 0.25) is 0 Å². The molecule has 1 aromatic carbocycles. The van der Waals surface area contributed by atoms with Gasteiger partial charge in [-0.15, -0.1) is 0 Å². The predicted octanol–water partition coefficient (Wildman–Crippen LogP) is 2.53. The number of carbonyl (C=O) groups is 1. The lowest BCUT2D eigenvalue weighted by molar-refractivity contribution is -0.248. The van der Waals surface area contributed by atoms with Crippen LogP contribution in [0.15, 0.2) is 18.2 Å². The minimum absolute atomic E-state index is 0.0523. The Morgan fingerprint density at radius 3 is 2.00 bits per heavy atom. The zero-order valence-electron chi connectivity index (χ0n) is 10.4. The van der Waals surface area contributed by atoms with E-state index in [1.165, 1.54) is 0 Å². The highest BCUT2D eigenvalue weighted by molar-refractivity contribution is 7.86. The summed E-state index contributed by atoms with van der Waals surface area (Å²) in [7, 11) is -6.59. The summed E-state index contributed by atoms with van der Waals surface area (Å²) in [4.78, 5) is 11.3. The molecular weight excluding hydrogens is 365 g/mol. The zero-order valence-corrected chi connectivity index (χ0v) is 11.3. The highest BCUT2D eigenvalue weighted by Gasteiger charge is 2.66. The van der Waals surface area contributed by atoms with Gasteiger partial charge in [-0.2, -0.15) is 30.4 Å². The van der Waals surface area contributed by atoms with E-state index in [1.54, 1.807) is 0 Å². The Labute approximate surface area is 123 Å². The maximum atomic E-state index is 13.1. The Balaban J connectivity index is 3.22. The van der Waals surface area contributed by atoms with Gasteiger partial charge in [0.2, 0.25) is 0 Å². The van der Waals surface area contributed by atoms with Gasteiger partial charge < -0.3 is 4.74 Å². The van der Waals surface area contributed by atoms with Gasteiger partial charge in [0.1, 0.15) is 0 Å². The molecule has 130 valence electrons. The highest BCUT2D eigenvalue weighted by atomic mass is 32.2. The molecule has 0 amide bonds. The maximum Gasteiger partial charge on any atom is 0.432 e. The molecule has 1 aromatic rings. The van der Waals surface area contributed by atoms with Crippen molar-refractivity contribution in [2.75, 3.05) is 0 Å². The summed E-state index contributed by atoms with van der Waals surface area (Å²) in [5.74, 6) is -5.39. The third kappa shape index (κ3) is 4.10. The van der Waals surface area contributed by atoms with Crippen molar-refractivity contribution in [3.8, 4) is 0 Å². The number of benzene rings is 1. The van der Waals surface area contributed by atoms with Crippen LogP contribution in [0.1, 0.15) is 10.4 Å². The van der Waals surface area contributed by atoms with Gasteiger partial charge in [-0.25, -0.2) is 13.6 Å². The summed E-state index contributed by atoms with van der Waals surface area (Å²) in [6.07, 6.45) is -10.7. The van der Waals surface area contributed by atoms with Gasteiger partial charge in [-0.05, 0) is 18.2 Å². The fraction of sp³-hybridized carbons (Fsp3) is 0.300. The second-order valence-electron chi connectivity index (χ2n) is 3.99. The molecule has 0 aromatic heterocycles. The van der Waals surface area contributed by atoms with E-state index in [4.69, 9.17) is 4.55 Å². The number of alkyl halides is 5. The summed E-state index contributed by atoms with van der Waals surface area (Å²) in [6, 6.07) is 0.770. The average Bonchev–Trinajstić information content (AvgIpc) is 2.35. The number of ether oxygens (including phenoxy) is 1. The quantitative estimate of drug-likeness (QED) is 0.501. The number of halogens is 7. The molecule has 0 aliphatic carbocycles. The van der Waals surface area contributed by atoms with Crippen LogP contribution in [0.4, 0.5) is 30.7 Å². The molecule has 0 aliphatic heterocycles. The van der Waals surface area contributed by atoms with E-state index in [1.807, 2.05) is 0 Å². The van der Waals surface area contributed by atoms with Gasteiger partial charge in [-0.3, -0.25) is 4.55 Å². The van der Waals surface area contributed by atoms with Crippen molar-refractivity contribution >= 4 is 16.1 Å². The first kappa shape index (κ1) is 19.2. The number of hydrogen-bond donors (Lipinski definition) is 1. The number of esters is 1. The van der Waals surface area contributed by atoms with Crippen LogP contribution in [0.3, 0.4) is 0 Å². The van der Waals surface area contributed by atoms with Crippen molar-refractivity contribution in [1.29, 1.82) is 0 Å². The first-order valence-electron chi connectivity index (χ1n) is 5.25. The third-order valence-electron chi connectivity index (χ3n) is 2.33. The van der Waals surface area contributed by atoms with Crippen molar-refractivity contribution < 1.29 is 53.2 Å². The smallest absolute Gasteiger partial charge is 0.432 e. The molecule has 0 spiro atoms. The minimum atomic E-state index is -6.59. The molecule has 0 bridgehead atoms. The summed E-state index contributed by atoms with van der Waals surface area (Å²) < 4.78 is 121. The van der Waals surface area contributed by atoms with Gasteiger partial charge in [0.25, 0.3) is 6.10 Å². The maximum absolute atomic E-state index is 13.1. The molecule has 23 heavy (non-hydrogen) atoms. The second-order valence-corrected chi connectivity index (χ2v) is 5.49. The second kappa shape index (κ2) is 5.96. The number of carbonyl (C=O) groups excluding carboxylic acids is 1. The van der Waals surface area contributed by atoms with Gasteiger partial charge in [0.15, 0.2) is 11.6 Å². The topological polar surface area (TPSA) is 80.7 Å². The minimum Gasteiger partial charge on any atom is -0.441 e. The van der Waals surface area contributed by atoms with Crippen LogP contribution in [0.25, 0.3) is 0 Å². The van der Waals surface area contributed by atoms with Crippen molar-refractivity contribution in [1.82, 2.24) is 0 Å². The standard InChI is InChI=1S/C10H5F7O5S/c11-5-2-1-4(3-6(5)12)7(18)22-8(9(13,14)15)10(16,17)23(19,20)21/h1-3,8H,(H,19,20,21). The lowest BCUT2D eigenvalue weighted by Gasteiger charge is -2.26. The van der Waals surface area contributed by atoms with Crippen LogP contribution in [0.5, 0.6) is 0 Å². The van der Waals surface area contributed by atoms with E-state index in [-0.39, 0.29) is 6.07 Å². The van der Waals surface area contributed by atoms with E-state index in [0.29, 0.717) is 12.1 Å². The summed E-state index contributed by atoms with van der Waals surface area (Å²) >= 11 is 0. The fourth-order valence-corrected chi connectivity index (χ4v) is 1.71. The summed E-state index contributed by atoms with van der Waals surface area (Å²) in [5, 5.41) is -5.92. The first-order valence-corrected chi connectivity index (χ1v) is 6.69. The zero-order chi connectivity index (χ0) is 18.2. The summed E-state index contributed by atoms with van der Waals surface area (Å²) in [6.45, 7) is 0. The van der Waals surface area contributed by atoms with E-state index < -0.39 is 50.8 Å². The van der Waals surface area contributed by atoms with Crippen molar-refractivity contribution in [3.05, 3.63) is 35.4 Å². The molecule has 0 saturated heterocycles. The molecule has 1 unspecified atom stereocenters. The number of hydrogen-bond acceptors (Lipinski definition) is 4. The van der Waals surface area contributed by atoms with Gasteiger partial charge in [0, 0.05) is 0 Å². The highest BCUT2D eigenvalue weighted by Crippen LogP contribution is 2.38. The average molecular weight is 370 g/mol. The van der Waals surface area contributed by atoms with Crippen LogP contribution in [-0.4, -0.2) is 36.5 Å². The normalized spacial score (nSPS) is 14.4. The molecule has 0 heterocycles. The van der Waals surface area contributed by atoms with Crippen LogP contribution in [-0.2, 0) is 14.9 Å². The Morgan fingerprint density at radius 2 is 1.61 bits per heavy atom. The SMILES string of the molecule is O=C(OC(C(F)(F)F)C(F)(F)S(=O)(=O)O)c1ccc(F)c(F)c1. The lowest BCUT2D eigenvalue weighted by atomic mass is 10.2. The molecular formula is C10H5F7O5S. The molecule has 1 rings (SSSR count). The molecule has 0 aliphatic rings. The molecule has 0 radical (unpaired) electrons. The predicted molar refractivity (Wildman–Crippen MR) is 58.1 cm³/mol. The molecule has 5 nitrogen and oxygen atoms in total. The van der Waals surface area contributed by atoms with Crippen molar-refractivity contribution in [2.24, 2.45) is 0 Å². The third-order valence-corrected chi connectivity index (χ3v) is 3.23. The van der Waals surface area contributed by atoms with Crippen molar-refractivity contribution in [2.45, 2.75) is 17.5 Å². The van der Waals surface area contributed by atoms with Gasteiger partial charge >= 0.3 is 27.5 Å². The summed E-state index contributed by atoms with van der Waals surface area (Å²) in [5.41, 5.74) is -1.09. The van der Waals surface area contributed by atoms with Crippen LogP contribution < -0.4 is 0 Å². The Kier molecular flexibility index (Phi) is 4.96. The molecule has 1 N–H and O–H groups in total. The lowest BCUT2D eigenvalue weighted by Crippen LogP contribution is -2.52. The fourth-order valence-electron chi connectivity index (χ4n) is 1.26. The van der Waals surface area contributed by atoms with Crippen LogP contribution >= 0.6 is 0 Å². The first-order chi connectivity index (χ1) is 10.2. The molecule has 13 heteroatoms. The van der Waals surface area contributed by atoms with Crippen molar-refractivity contribution in [3.63, 3.8) is 0 Å². The largest absolute Gasteiger partial charge is 0.441 e.